The number of fused-ring (bicyclic) bond motifs is 1. The molecule has 0 spiro atoms. The predicted octanol–water partition coefficient (Wildman–Crippen LogP) is -1.16. The summed E-state index contributed by atoms with van der Waals surface area (Å²) in [5, 5.41) is 2.81. The Hall–Kier alpha value is -1.59. The largest absolute Gasteiger partial charge is 0.362 e. The van der Waals surface area contributed by atoms with Crippen LogP contribution in [-0.2, 0) is 4.79 Å². The van der Waals surface area contributed by atoms with E-state index >= 15 is 0 Å². The van der Waals surface area contributed by atoms with Gasteiger partial charge in [-0.25, -0.2) is 9.79 Å². The van der Waals surface area contributed by atoms with Crippen LogP contribution in [0.15, 0.2) is 4.99 Å². The second-order valence-electron chi connectivity index (χ2n) is 3.13. The summed E-state index contributed by atoms with van der Waals surface area (Å²) in [5.41, 5.74) is 0. The van der Waals surface area contributed by atoms with Crippen LogP contribution in [0, 0.1) is 0 Å². The Balaban J connectivity index is 2.32. The molecule has 70 valence electrons. The van der Waals surface area contributed by atoms with Gasteiger partial charge >= 0.3 is 6.03 Å². The Morgan fingerprint density at radius 2 is 2.15 bits per heavy atom. The smallest absolute Gasteiger partial charge is 0.328 e. The zero-order valence-electron chi connectivity index (χ0n) is 7.39. The van der Waals surface area contributed by atoms with Crippen molar-refractivity contribution in [2.45, 2.75) is 12.2 Å². The number of nitrogens with one attached hydrogen (secondary N) is 1. The average molecular weight is 182 g/mol. The Labute approximate surface area is 75.2 Å². The molecule has 0 aromatic carbocycles. The first-order valence-corrected chi connectivity index (χ1v) is 3.95. The van der Waals surface area contributed by atoms with Gasteiger partial charge in [0.1, 0.15) is 6.04 Å². The molecule has 0 unspecified atom stereocenters. The molecule has 13 heavy (non-hydrogen) atoms. The molecule has 2 rings (SSSR count). The summed E-state index contributed by atoms with van der Waals surface area (Å²) in [4.78, 5) is 29.4. The van der Waals surface area contributed by atoms with Crippen molar-refractivity contribution in [1.29, 1.82) is 0 Å². The molecule has 0 radical (unpaired) electrons. The number of imide groups is 1. The number of hydrogen-bond donors (Lipinski definition) is 1. The summed E-state index contributed by atoms with van der Waals surface area (Å²) in [5.74, 6) is -0.231. The van der Waals surface area contributed by atoms with E-state index in [4.69, 9.17) is 0 Å². The van der Waals surface area contributed by atoms with Gasteiger partial charge in [-0.2, -0.15) is 0 Å². The zero-order chi connectivity index (χ0) is 9.59. The van der Waals surface area contributed by atoms with E-state index in [1.165, 1.54) is 18.3 Å². The summed E-state index contributed by atoms with van der Waals surface area (Å²) in [6.45, 7) is 0. The molecule has 1 N–H and O–H groups in total. The third-order valence-electron chi connectivity index (χ3n) is 2.36. The highest BCUT2D eigenvalue weighted by molar-refractivity contribution is 6.01. The predicted molar refractivity (Wildman–Crippen MR) is 45.1 cm³/mol. The summed E-state index contributed by atoms with van der Waals surface area (Å²) < 4.78 is 0. The van der Waals surface area contributed by atoms with Crippen molar-refractivity contribution in [3.63, 3.8) is 0 Å². The van der Waals surface area contributed by atoms with Gasteiger partial charge in [0.15, 0.2) is 6.17 Å². The molecule has 2 atom stereocenters. The van der Waals surface area contributed by atoms with Gasteiger partial charge in [-0.05, 0) is 0 Å². The summed E-state index contributed by atoms with van der Waals surface area (Å²) in [6.07, 6.45) is 1.09. The highest BCUT2D eigenvalue weighted by Crippen LogP contribution is 2.17. The fourth-order valence-corrected chi connectivity index (χ4v) is 1.55. The molecular weight excluding hydrogens is 172 g/mol. The van der Waals surface area contributed by atoms with E-state index in [0.29, 0.717) is 0 Å². The van der Waals surface area contributed by atoms with Crippen molar-refractivity contribution < 1.29 is 9.59 Å². The van der Waals surface area contributed by atoms with Crippen LogP contribution in [0.1, 0.15) is 0 Å². The molecule has 0 aromatic heterocycles. The molecule has 3 amide bonds. The van der Waals surface area contributed by atoms with Crippen LogP contribution in [-0.4, -0.2) is 54.4 Å². The minimum atomic E-state index is -0.410. The summed E-state index contributed by atoms with van der Waals surface area (Å²) in [6, 6.07) is -0.722. The van der Waals surface area contributed by atoms with Crippen LogP contribution in [0.25, 0.3) is 0 Å². The number of nitrogens with zero attached hydrogens (tertiary/aromatic N) is 3. The first-order chi connectivity index (χ1) is 6.13. The van der Waals surface area contributed by atoms with Crippen molar-refractivity contribution >= 4 is 18.3 Å². The molecule has 1 saturated heterocycles. The first-order valence-electron chi connectivity index (χ1n) is 3.95. The molecule has 2 aliphatic rings. The van der Waals surface area contributed by atoms with Gasteiger partial charge in [0.25, 0.3) is 5.91 Å². The Morgan fingerprint density at radius 1 is 1.46 bits per heavy atom. The molecule has 6 heteroatoms. The van der Waals surface area contributed by atoms with Gasteiger partial charge in [0, 0.05) is 14.1 Å². The fraction of sp³-hybridized carbons (Fsp3) is 0.571. The molecule has 0 aromatic rings. The SMILES string of the molecule is CN1C(=O)[C@@H]2NC=N[C@H]2N(C)C1=O. The molecule has 0 aliphatic carbocycles. The monoisotopic (exact) mass is 182 g/mol. The first kappa shape index (κ1) is 8.03. The van der Waals surface area contributed by atoms with Gasteiger partial charge in [-0.15, -0.1) is 0 Å². The number of carbonyl (C=O) groups excluding carboxylic acids is 2. The average Bonchev–Trinajstić information content (AvgIpc) is 2.59. The highest BCUT2D eigenvalue weighted by Gasteiger charge is 2.44. The molecule has 1 fully saturated rings. The van der Waals surface area contributed by atoms with Crippen LogP contribution in [0.2, 0.25) is 0 Å². The fourth-order valence-electron chi connectivity index (χ4n) is 1.55. The van der Waals surface area contributed by atoms with Crippen molar-refractivity contribution in [3.05, 3.63) is 0 Å². The molecule has 6 nitrogen and oxygen atoms in total. The third kappa shape index (κ3) is 0.912. The number of carbonyl (C=O) groups is 2. The number of likely N-dealkylation sites (N-methyl/N-ethyl adjacent to an activating group) is 2. The van der Waals surface area contributed by atoms with Crippen molar-refractivity contribution in [2.75, 3.05) is 14.1 Å². The van der Waals surface area contributed by atoms with Crippen LogP contribution < -0.4 is 5.32 Å². The van der Waals surface area contributed by atoms with Crippen LogP contribution in [0.3, 0.4) is 0 Å². The van der Waals surface area contributed by atoms with Gasteiger partial charge in [0.05, 0.1) is 6.34 Å². The number of hydrogen-bond acceptors (Lipinski definition) is 4. The van der Waals surface area contributed by atoms with E-state index in [9.17, 15) is 9.59 Å². The van der Waals surface area contributed by atoms with Gasteiger partial charge in [0.2, 0.25) is 0 Å². The maximum atomic E-state index is 11.5. The topological polar surface area (TPSA) is 65.0 Å². The number of urea groups is 1. The van der Waals surface area contributed by atoms with Crippen LogP contribution in [0.5, 0.6) is 0 Å². The van der Waals surface area contributed by atoms with Gasteiger partial charge < -0.3 is 10.2 Å². The lowest BCUT2D eigenvalue weighted by Crippen LogP contribution is -2.62. The van der Waals surface area contributed by atoms with Crippen molar-refractivity contribution in [1.82, 2.24) is 15.1 Å². The summed E-state index contributed by atoms with van der Waals surface area (Å²) >= 11 is 0. The lowest BCUT2D eigenvalue weighted by Gasteiger charge is -2.36. The molecule has 0 bridgehead atoms. The van der Waals surface area contributed by atoms with Crippen LogP contribution in [0.4, 0.5) is 4.79 Å². The zero-order valence-corrected chi connectivity index (χ0v) is 7.39. The van der Waals surface area contributed by atoms with E-state index in [0.717, 1.165) is 4.90 Å². The lowest BCUT2D eigenvalue weighted by atomic mass is 10.1. The van der Waals surface area contributed by atoms with E-state index in [1.54, 1.807) is 7.05 Å². The lowest BCUT2D eigenvalue weighted by molar-refractivity contribution is -0.133. The number of amides is 3. The number of rotatable bonds is 0. The summed E-state index contributed by atoms with van der Waals surface area (Å²) in [7, 11) is 3.10. The molecule has 0 saturated carbocycles. The number of aliphatic imine (C=N–C) groups is 1. The minimum absolute atomic E-state index is 0.231. The van der Waals surface area contributed by atoms with Gasteiger partial charge in [-0.1, -0.05) is 0 Å². The second-order valence-corrected chi connectivity index (χ2v) is 3.13. The quantitative estimate of drug-likeness (QED) is 0.513. The van der Waals surface area contributed by atoms with E-state index in [2.05, 4.69) is 10.3 Å². The van der Waals surface area contributed by atoms with Crippen molar-refractivity contribution in [3.8, 4) is 0 Å². The van der Waals surface area contributed by atoms with E-state index in [-0.39, 0.29) is 18.1 Å². The van der Waals surface area contributed by atoms with Crippen molar-refractivity contribution in [2.24, 2.45) is 4.99 Å². The van der Waals surface area contributed by atoms with E-state index < -0.39 is 6.04 Å². The standard InChI is InChI=1S/C7H10N4O2/c1-10-5-4(8-3-9-5)6(12)11(2)7(10)13/h3-5H,1-2H3,(H,8,9)/t4-,5+/m1/s1. The van der Waals surface area contributed by atoms with Gasteiger partial charge in [-0.3, -0.25) is 9.69 Å². The Bertz CT molecular complexity index is 301. The third-order valence-corrected chi connectivity index (χ3v) is 2.36. The molecule has 2 heterocycles. The minimum Gasteiger partial charge on any atom is -0.362 e. The van der Waals surface area contributed by atoms with E-state index in [1.807, 2.05) is 0 Å². The molecule has 2 aliphatic heterocycles. The molecular formula is C7H10N4O2. The normalized spacial score (nSPS) is 32.2. The van der Waals surface area contributed by atoms with Crippen LogP contribution >= 0.6 is 0 Å². The maximum absolute atomic E-state index is 11.5. The highest BCUT2D eigenvalue weighted by atomic mass is 16.2. The Morgan fingerprint density at radius 3 is 2.85 bits per heavy atom. The maximum Gasteiger partial charge on any atom is 0.328 e. The second kappa shape index (κ2) is 2.45. The Kier molecular flexibility index (Phi) is 1.51.